The minimum atomic E-state index is -3.83. The summed E-state index contributed by atoms with van der Waals surface area (Å²) in [6, 6.07) is 3.83. The molecule has 11 heteroatoms. The van der Waals surface area contributed by atoms with E-state index in [0.717, 1.165) is 16.2 Å². The Morgan fingerprint density at radius 2 is 1.72 bits per heavy atom. The maximum absolute atomic E-state index is 12.9. The van der Waals surface area contributed by atoms with E-state index in [1.54, 1.807) is 32.1 Å². The second kappa shape index (κ2) is 9.90. The number of aryl methyl sites for hydroxylation is 2. The Hall–Kier alpha value is -1.95. The fraction of sp³-hybridized carbons (Fsp3) is 0.524. The summed E-state index contributed by atoms with van der Waals surface area (Å²) in [4.78, 5) is 11.7. The number of hydrogen-bond donors (Lipinski definition) is 3. The quantitative estimate of drug-likeness (QED) is 0.386. The number of amidine groups is 2. The summed E-state index contributed by atoms with van der Waals surface area (Å²) in [5.74, 6) is -0.457. The molecule has 0 bridgehead atoms. The number of hydrogen-bond acceptors (Lipinski definition) is 7. The molecule has 2 rings (SSSR count). The topological polar surface area (TPSA) is 134 Å². The number of aromatic hydroxyl groups is 1. The van der Waals surface area contributed by atoms with E-state index in [4.69, 9.17) is 11.5 Å². The van der Waals surface area contributed by atoms with Crippen LogP contribution in [0.3, 0.4) is 0 Å². The fourth-order valence-corrected chi connectivity index (χ4v) is 7.39. The van der Waals surface area contributed by atoms with Gasteiger partial charge in [-0.15, -0.1) is 22.7 Å². The number of sulfonamides is 1. The molecule has 8 nitrogen and oxygen atoms in total. The molecule has 0 aliphatic carbocycles. The second-order valence-corrected chi connectivity index (χ2v) is 13.1. The lowest BCUT2D eigenvalue weighted by Crippen LogP contribution is -2.33. The molecule has 5 N–H and O–H groups in total. The van der Waals surface area contributed by atoms with Crippen LogP contribution >= 0.6 is 22.7 Å². The van der Waals surface area contributed by atoms with Crippen molar-refractivity contribution >= 4 is 50.1 Å². The van der Waals surface area contributed by atoms with E-state index in [0.29, 0.717) is 18.0 Å². The molecule has 0 amide bonds. The number of rotatable bonds is 7. The maximum Gasteiger partial charge on any atom is 0.256 e. The van der Waals surface area contributed by atoms with Crippen molar-refractivity contribution in [3.8, 4) is 5.75 Å². The van der Waals surface area contributed by atoms with E-state index < -0.39 is 15.8 Å². The monoisotopic (exact) mass is 499 g/mol. The van der Waals surface area contributed by atoms with Crippen molar-refractivity contribution in [3.63, 3.8) is 0 Å². The predicted molar refractivity (Wildman–Crippen MR) is 135 cm³/mol. The van der Waals surface area contributed by atoms with Crippen LogP contribution in [0, 0.1) is 19.3 Å². The zero-order valence-electron chi connectivity index (χ0n) is 19.6. The molecule has 0 spiro atoms. The normalized spacial score (nSPS) is 14.9. The summed E-state index contributed by atoms with van der Waals surface area (Å²) in [5, 5.41) is 10.7. The highest BCUT2D eigenvalue weighted by atomic mass is 32.2. The van der Waals surface area contributed by atoms with Crippen molar-refractivity contribution in [2.24, 2.45) is 26.9 Å². The van der Waals surface area contributed by atoms with Gasteiger partial charge in [0.05, 0.1) is 6.04 Å². The van der Waals surface area contributed by atoms with Crippen molar-refractivity contribution < 1.29 is 13.5 Å². The van der Waals surface area contributed by atoms with E-state index >= 15 is 0 Å². The van der Waals surface area contributed by atoms with Gasteiger partial charge in [-0.1, -0.05) is 34.6 Å². The molecule has 1 atom stereocenters. The van der Waals surface area contributed by atoms with E-state index in [9.17, 15) is 13.5 Å². The maximum atomic E-state index is 12.9. The Labute approximate surface area is 198 Å². The highest BCUT2D eigenvalue weighted by molar-refractivity contribution is 7.91. The summed E-state index contributed by atoms with van der Waals surface area (Å²) in [7, 11) is -3.83. The van der Waals surface area contributed by atoms with Crippen LogP contribution in [-0.2, 0) is 10.0 Å². The van der Waals surface area contributed by atoms with E-state index in [1.165, 1.54) is 9.18 Å². The van der Waals surface area contributed by atoms with Crippen LogP contribution in [0.15, 0.2) is 26.3 Å². The molecule has 0 radical (unpaired) electrons. The minimum absolute atomic E-state index is 0.0362. The van der Waals surface area contributed by atoms with Crippen LogP contribution in [0.4, 0.5) is 5.69 Å². The van der Waals surface area contributed by atoms with Crippen LogP contribution < -0.4 is 11.5 Å². The average molecular weight is 500 g/mol. The average Bonchev–Trinajstić information content (AvgIpc) is 3.23. The molecule has 0 aromatic carbocycles. The molecule has 0 fully saturated rings. The van der Waals surface area contributed by atoms with Gasteiger partial charge in [0.2, 0.25) is 0 Å². The van der Waals surface area contributed by atoms with Gasteiger partial charge in [-0.05, 0) is 31.4 Å². The number of thiophene rings is 2. The van der Waals surface area contributed by atoms with E-state index in [1.807, 2.05) is 19.1 Å². The van der Waals surface area contributed by atoms with Gasteiger partial charge in [0.1, 0.15) is 5.69 Å². The molecule has 2 aromatic heterocycles. The summed E-state index contributed by atoms with van der Waals surface area (Å²) < 4.78 is 26.9. The molecule has 0 unspecified atom stereocenters. The second-order valence-electron chi connectivity index (χ2n) is 8.46. The van der Waals surface area contributed by atoms with Crippen LogP contribution in [0.25, 0.3) is 0 Å². The van der Waals surface area contributed by atoms with Crippen molar-refractivity contribution in [2.75, 3.05) is 13.1 Å². The number of nitrogens with two attached hydrogens (primary N) is 2. The number of aliphatic imine (C=N–C) groups is 2. The summed E-state index contributed by atoms with van der Waals surface area (Å²) >= 11 is 2.60. The Morgan fingerprint density at radius 1 is 1.12 bits per heavy atom. The lowest BCUT2D eigenvalue weighted by atomic mass is 9.86. The Morgan fingerprint density at radius 3 is 2.19 bits per heavy atom. The highest BCUT2D eigenvalue weighted by Gasteiger charge is 2.31. The molecule has 32 heavy (non-hydrogen) atoms. The highest BCUT2D eigenvalue weighted by Crippen LogP contribution is 2.45. The lowest BCUT2D eigenvalue weighted by Gasteiger charge is -2.27. The zero-order valence-corrected chi connectivity index (χ0v) is 22.1. The first-order valence-electron chi connectivity index (χ1n) is 10.3. The number of nitrogens with zero attached hydrogens (tertiary/aromatic N) is 3. The van der Waals surface area contributed by atoms with Gasteiger partial charge in [0.15, 0.2) is 21.6 Å². The molecule has 0 saturated carbocycles. The minimum Gasteiger partial charge on any atom is -0.504 e. The Kier molecular flexibility index (Phi) is 8.14. The van der Waals surface area contributed by atoms with Crippen molar-refractivity contribution in [3.05, 3.63) is 26.8 Å². The standard InChI is InChI=1S/C21H33N5O3S3/c1-8-26(9-2)32(28,29)20-16(27)15(13(4)31-20)24-18(22)19(23)25-17(21(5,6)7)14-11-10-12(3)30-14/h10-11,17,27H,8-9H2,1-7H3,(H2,22,24)(H2,23,25)/t17-/m0/s1. The van der Waals surface area contributed by atoms with Gasteiger partial charge in [-0.3, -0.25) is 4.99 Å². The smallest absolute Gasteiger partial charge is 0.256 e. The van der Waals surface area contributed by atoms with Crippen molar-refractivity contribution in [1.29, 1.82) is 0 Å². The third-order valence-corrected chi connectivity index (χ3v) is 9.56. The van der Waals surface area contributed by atoms with Gasteiger partial charge < -0.3 is 16.6 Å². The van der Waals surface area contributed by atoms with Crippen molar-refractivity contribution in [2.45, 2.75) is 58.7 Å². The SMILES string of the molecule is CCN(CC)S(=O)(=O)c1sc(C)c(N=C(N)C(N)=N[C@@H](c2ccc(C)s2)C(C)(C)C)c1O. The predicted octanol–water partition coefficient (Wildman–Crippen LogP) is 4.30. The van der Waals surface area contributed by atoms with Gasteiger partial charge in [-0.2, -0.15) is 4.31 Å². The third kappa shape index (κ3) is 5.51. The molecular weight excluding hydrogens is 466 g/mol. The zero-order chi connectivity index (χ0) is 24.4. The Bertz CT molecular complexity index is 1120. The molecule has 0 aliphatic rings. The van der Waals surface area contributed by atoms with Crippen LogP contribution in [0.5, 0.6) is 5.75 Å². The lowest BCUT2D eigenvalue weighted by molar-refractivity contribution is 0.333. The first-order valence-corrected chi connectivity index (χ1v) is 13.4. The van der Waals surface area contributed by atoms with E-state index in [-0.39, 0.29) is 33.0 Å². The molecule has 0 saturated heterocycles. The first-order chi connectivity index (χ1) is 14.7. The van der Waals surface area contributed by atoms with Crippen LogP contribution in [0.1, 0.15) is 55.3 Å². The molecular formula is C21H33N5O3S3. The fourth-order valence-electron chi connectivity index (χ4n) is 3.15. The largest absolute Gasteiger partial charge is 0.504 e. The summed E-state index contributed by atoms with van der Waals surface area (Å²) in [6.07, 6.45) is 0. The Balaban J connectivity index is 2.49. The molecule has 2 heterocycles. The van der Waals surface area contributed by atoms with Crippen molar-refractivity contribution in [1.82, 2.24) is 4.31 Å². The van der Waals surface area contributed by atoms with Gasteiger partial charge >= 0.3 is 0 Å². The van der Waals surface area contributed by atoms with Gasteiger partial charge in [0.25, 0.3) is 10.0 Å². The van der Waals surface area contributed by atoms with Crippen LogP contribution in [0.2, 0.25) is 0 Å². The molecule has 178 valence electrons. The molecule has 2 aromatic rings. The van der Waals surface area contributed by atoms with Gasteiger partial charge in [0, 0.05) is 27.7 Å². The third-order valence-electron chi connectivity index (χ3n) is 4.89. The molecule has 0 aliphatic heterocycles. The summed E-state index contributed by atoms with van der Waals surface area (Å²) in [6.45, 7) is 14.0. The van der Waals surface area contributed by atoms with E-state index in [2.05, 4.69) is 30.8 Å². The van der Waals surface area contributed by atoms with Gasteiger partial charge in [-0.25, -0.2) is 13.4 Å². The van der Waals surface area contributed by atoms with Crippen LogP contribution in [-0.4, -0.2) is 42.6 Å². The first kappa shape index (κ1) is 26.3. The summed E-state index contributed by atoms with van der Waals surface area (Å²) in [5.41, 5.74) is 12.2.